The number of benzene rings is 4. The van der Waals surface area contributed by atoms with E-state index in [9.17, 15) is 9.59 Å². The number of amides is 1. The number of fused-ring (bicyclic) bond motifs is 2. The van der Waals surface area contributed by atoms with E-state index >= 15 is 0 Å². The molecule has 4 aromatic carbocycles. The molecule has 1 unspecified atom stereocenters. The number of hydrogen-bond acceptors (Lipinski definition) is 5. The summed E-state index contributed by atoms with van der Waals surface area (Å²) in [6, 6.07) is 29.5. The van der Waals surface area contributed by atoms with Crippen LogP contribution in [0.3, 0.4) is 0 Å². The molecule has 194 valence electrons. The van der Waals surface area contributed by atoms with Crippen LogP contribution in [0, 0.1) is 6.92 Å². The van der Waals surface area contributed by atoms with E-state index in [2.05, 4.69) is 0 Å². The number of aryl methyl sites for hydroxylation is 1. The highest BCUT2D eigenvalue weighted by atomic mass is 16.7. The number of para-hydroxylation sites is 1. The van der Waals surface area contributed by atoms with Gasteiger partial charge in [0.1, 0.15) is 5.82 Å². The zero-order chi connectivity index (χ0) is 26.9. The molecule has 7 heteroatoms. The molecule has 0 saturated heterocycles. The molecule has 5 aromatic rings. The molecule has 7 nitrogen and oxygen atoms in total. The zero-order valence-corrected chi connectivity index (χ0v) is 21.7. The molecule has 1 aliphatic heterocycles. The summed E-state index contributed by atoms with van der Waals surface area (Å²) >= 11 is 0. The highest BCUT2D eigenvalue weighted by molar-refractivity contribution is 5.95. The normalized spacial score (nSPS) is 12.9. The Morgan fingerprint density at radius 1 is 0.923 bits per heavy atom. The second-order valence-electron chi connectivity index (χ2n) is 9.63. The van der Waals surface area contributed by atoms with Crippen LogP contribution in [-0.2, 0) is 6.54 Å². The van der Waals surface area contributed by atoms with Crippen LogP contribution < -0.4 is 15.0 Å². The van der Waals surface area contributed by atoms with Crippen molar-refractivity contribution in [2.45, 2.75) is 26.4 Å². The summed E-state index contributed by atoms with van der Waals surface area (Å²) < 4.78 is 12.6. The van der Waals surface area contributed by atoms with Crippen LogP contribution in [0.1, 0.15) is 40.3 Å². The Hall–Kier alpha value is -4.91. The summed E-state index contributed by atoms with van der Waals surface area (Å²) in [6.07, 6.45) is 0. The van der Waals surface area contributed by atoms with Gasteiger partial charge in [-0.15, -0.1) is 0 Å². The van der Waals surface area contributed by atoms with Crippen molar-refractivity contribution in [3.05, 3.63) is 130 Å². The van der Waals surface area contributed by atoms with Crippen molar-refractivity contribution in [3.8, 4) is 17.2 Å². The number of hydrogen-bond donors (Lipinski definition) is 0. The van der Waals surface area contributed by atoms with Crippen LogP contribution in [-0.4, -0.2) is 27.2 Å². The SMILES string of the molecule is Cc1ccc(-n2c(C(C)N(Cc3ccccc3)C(=O)c3ccc4c(c3)OCO4)nc3ccccc3c2=O)cc1. The molecule has 0 saturated carbocycles. The van der Waals surface area contributed by atoms with E-state index in [4.69, 9.17) is 14.5 Å². The van der Waals surface area contributed by atoms with E-state index in [1.165, 1.54) is 0 Å². The molecule has 0 radical (unpaired) electrons. The Morgan fingerprint density at radius 3 is 2.44 bits per heavy atom. The van der Waals surface area contributed by atoms with E-state index in [-0.39, 0.29) is 18.3 Å². The number of ether oxygens (including phenoxy) is 2. The predicted octanol–water partition coefficient (Wildman–Crippen LogP) is 5.83. The van der Waals surface area contributed by atoms with Crippen LogP contribution in [0.4, 0.5) is 0 Å². The Bertz CT molecular complexity index is 1730. The summed E-state index contributed by atoms with van der Waals surface area (Å²) in [5, 5.41) is 0.519. The van der Waals surface area contributed by atoms with E-state index in [1.807, 2.05) is 86.6 Å². The van der Waals surface area contributed by atoms with Crippen molar-refractivity contribution in [1.29, 1.82) is 0 Å². The minimum Gasteiger partial charge on any atom is -0.454 e. The van der Waals surface area contributed by atoms with Gasteiger partial charge in [0.15, 0.2) is 11.5 Å². The van der Waals surface area contributed by atoms with Gasteiger partial charge in [-0.25, -0.2) is 4.98 Å². The first-order valence-corrected chi connectivity index (χ1v) is 12.8. The van der Waals surface area contributed by atoms with Crippen molar-refractivity contribution in [2.75, 3.05) is 6.79 Å². The molecule has 6 rings (SSSR count). The average Bonchev–Trinajstić information content (AvgIpc) is 3.44. The molecular formula is C32H27N3O4. The lowest BCUT2D eigenvalue weighted by Gasteiger charge is -2.31. The summed E-state index contributed by atoms with van der Waals surface area (Å²) in [5.74, 6) is 1.42. The van der Waals surface area contributed by atoms with Gasteiger partial charge < -0.3 is 14.4 Å². The van der Waals surface area contributed by atoms with E-state index in [1.54, 1.807) is 33.7 Å². The molecule has 0 spiro atoms. The maximum Gasteiger partial charge on any atom is 0.266 e. The van der Waals surface area contributed by atoms with Crippen molar-refractivity contribution in [1.82, 2.24) is 14.5 Å². The first-order valence-electron chi connectivity index (χ1n) is 12.8. The third-order valence-electron chi connectivity index (χ3n) is 7.01. The van der Waals surface area contributed by atoms with Crippen LogP contribution in [0.5, 0.6) is 11.5 Å². The van der Waals surface area contributed by atoms with Gasteiger partial charge in [-0.05, 0) is 61.9 Å². The molecule has 0 fully saturated rings. The highest BCUT2D eigenvalue weighted by Gasteiger charge is 2.29. The third-order valence-corrected chi connectivity index (χ3v) is 7.01. The molecule has 1 atom stereocenters. The number of carbonyl (C=O) groups excluding carboxylic acids is 1. The van der Waals surface area contributed by atoms with Gasteiger partial charge in [-0.1, -0.05) is 60.2 Å². The Labute approximate surface area is 225 Å². The number of nitrogens with zero attached hydrogens (tertiary/aromatic N) is 3. The van der Waals surface area contributed by atoms with Crippen molar-refractivity contribution in [2.24, 2.45) is 0 Å². The number of aromatic nitrogens is 2. The number of carbonyl (C=O) groups is 1. The standard InChI is InChI=1S/C32H27N3O4/c1-21-12-15-25(16-13-21)35-30(33-27-11-7-6-10-26(27)32(35)37)22(2)34(19-23-8-4-3-5-9-23)31(36)24-14-17-28-29(18-24)39-20-38-28/h3-18,22H,19-20H2,1-2H3. The van der Waals surface area contributed by atoms with Crippen molar-refractivity contribution >= 4 is 16.8 Å². The first kappa shape index (κ1) is 24.4. The van der Waals surface area contributed by atoms with Gasteiger partial charge >= 0.3 is 0 Å². The van der Waals surface area contributed by atoms with E-state index in [0.717, 1.165) is 11.1 Å². The van der Waals surface area contributed by atoms with Gasteiger partial charge in [0.25, 0.3) is 11.5 Å². The lowest BCUT2D eigenvalue weighted by molar-refractivity contribution is 0.0663. The Balaban J connectivity index is 1.51. The van der Waals surface area contributed by atoms with Gasteiger partial charge in [0.2, 0.25) is 6.79 Å². The molecule has 0 aliphatic carbocycles. The van der Waals surface area contributed by atoms with E-state index in [0.29, 0.717) is 46.0 Å². The fraction of sp³-hybridized carbons (Fsp3) is 0.156. The fourth-order valence-electron chi connectivity index (χ4n) is 4.87. The average molecular weight is 518 g/mol. The molecular weight excluding hydrogens is 490 g/mol. The summed E-state index contributed by atoms with van der Waals surface area (Å²) in [5.41, 5.74) is 3.61. The van der Waals surface area contributed by atoms with Crippen molar-refractivity contribution < 1.29 is 14.3 Å². The Kier molecular flexibility index (Phi) is 6.32. The van der Waals surface area contributed by atoms with Crippen LogP contribution in [0.15, 0.2) is 102 Å². The summed E-state index contributed by atoms with van der Waals surface area (Å²) in [4.78, 5) is 34.7. The van der Waals surface area contributed by atoms with Crippen LogP contribution in [0.2, 0.25) is 0 Å². The zero-order valence-electron chi connectivity index (χ0n) is 21.7. The highest BCUT2D eigenvalue weighted by Crippen LogP contribution is 2.34. The molecule has 0 bridgehead atoms. The lowest BCUT2D eigenvalue weighted by Crippen LogP contribution is -2.37. The molecule has 2 heterocycles. The summed E-state index contributed by atoms with van der Waals surface area (Å²) in [7, 11) is 0. The summed E-state index contributed by atoms with van der Waals surface area (Å²) in [6.45, 7) is 4.36. The molecule has 0 N–H and O–H groups in total. The van der Waals surface area contributed by atoms with Gasteiger partial charge in [-0.3, -0.25) is 14.2 Å². The molecule has 1 aliphatic rings. The van der Waals surface area contributed by atoms with Crippen molar-refractivity contribution in [3.63, 3.8) is 0 Å². The monoisotopic (exact) mass is 517 g/mol. The molecule has 1 aromatic heterocycles. The third kappa shape index (κ3) is 4.63. The second kappa shape index (κ2) is 10.1. The fourth-order valence-corrected chi connectivity index (χ4v) is 4.87. The Morgan fingerprint density at radius 2 is 1.64 bits per heavy atom. The van der Waals surface area contributed by atoms with Crippen LogP contribution >= 0.6 is 0 Å². The minimum absolute atomic E-state index is 0.126. The largest absolute Gasteiger partial charge is 0.454 e. The van der Waals surface area contributed by atoms with Gasteiger partial charge in [-0.2, -0.15) is 0 Å². The minimum atomic E-state index is -0.554. The topological polar surface area (TPSA) is 73.7 Å². The maximum atomic E-state index is 14.1. The molecule has 39 heavy (non-hydrogen) atoms. The van der Waals surface area contributed by atoms with Crippen LogP contribution in [0.25, 0.3) is 16.6 Å². The lowest BCUT2D eigenvalue weighted by atomic mass is 10.1. The van der Waals surface area contributed by atoms with E-state index < -0.39 is 6.04 Å². The predicted molar refractivity (Wildman–Crippen MR) is 149 cm³/mol. The maximum absolute atomic E-state index is 14.1. The first-order chi connectivity index (χ1) is 19.0. The number of rotatable bonds is 6. The second-order valence-corrected chi connectivity index (χ2v) is 9.63. The molecule has 1 amide bonds. The quantitative estimate of drug-likeness (QED) is 0.284. The van der Waals surface area contributed by atoms with Gasteiger partial charge in [0.05, 0.1) is 22.6 Å². The smallest absolute Gasteiger partial charge is 0.266 e. The van der Waals surface area contributed by atoms with Gasteiger partial charge in [0, 0.05) is 12.1 Å².